The summed E-state index contributed by atoms with van der Waals surface area (Å²) in [6.07, 6.45) is 0. The Morgan fingerprint density at radius 2 is 1.36 bits per heavy atom. The minimum absolute atomic E-state index is 0.318. The average molecular weight is 320 g/mol. The highest BCUT2D eigenvalue weighted by atomic mass is 14.3. The predicted octanol–water partition coefficient (Wildman–Crippen LogP) is 6.62. The molecule has 0 radical (unpaired) electrons. The molecule has 0 N–H and O–H groups in total. The van der Waals surface area contributed by atoms with E-state index >= 15 is 0 Å². The van der Waals surface area contributed by atoms with E-state index in [1.165, 1.54) is 49.7 Å². The van der Waals surface area contributed by atoms with Gasteiger partial charge in [0.15, 0.2) is 0 Å². The van der Waals surface area contributed by atoms with Crippen LogP contribution in [0.2, 0.25) is 0 Å². The summed E-state index contributed by atoms with van der Waals surface area (Å²) in [5.41, 5.74) is 9.76. The van der Waals surface area contributed by atoms with Crippen LogP contribution in [0.1, 0.15) is 33.7 Å². The Balaban J connectivity index is 1.90. The molecule has 4 aromatic rings. The molecule has 4 aromatic carbocycles. The maximum Gasteiger partial charge on any atom is 0.0358 e. The number of rotatable bonds is 1. The Bertz CT molecular complexity index is 1100. The van der Waals surface area contributed by atoms with E-state index in [1.54, 1.807) is 0 Å². The molecular formula is C25H20. The molecule has 0 fully saturated rings. The predicted molar refractivity (Wildman–Crippen MR) is 106 cm³/mol. The fourth-order valence-corrected chi connectivity index (χ4v) is 4.30. The normalized spacial score (nSPS) is 15.2. The molecule has 1 aliphatic rings. The zero-order valence-corrected chi connectivity index (χ0v) is 14.6. The molecule has 0 bridgehead atoms. The SMILES string of the molecule is Cc1cc2ccc3c(c2cc1C)C(c1ccccc1)c1ccccc1-3. The van der Waals surface area contributed by atoms with E-state index in [2.05, 4.69) is 92.7 Å². The summed E-state index contributed by atoms with van der Waals surface area (Å²) >= 11 is 0. The zero-order chi connectivity index (χ0) is 17.0. The van der Waals surface area contributed by atoms with Gasteiger partial charge in [0.2, 0.25) is 0 Å². The summed E-state index contributed by atoms with van der Waals surface area (Å²) in [5.74, 6) is 0.318. The van der Waals surface area contributed by atoms with Crippen molar-refractivity contribution in [1.82, 2.24) is 0 Å². The molecule has 1 unspecified atom stereocenters. The van der Waals surface area contributed by atoms with Gasteiger partial charge < -0.3 is 0 Å². The fraction of sp³-hybridized carbons (Fsp3) is 0.120. The maximum atomic E-state index is 2.38. The van der Waals surface area contributed by atoms with Crippen LogP contribution in [0.25, 0.3) is 21.9 Å². The molecule has 0 amide bonds. The number of hydrogen-bond donors (Lipinski definition) is 0. The summed E-state index contributed by atoms with van der Waals surface area (Å²) < 4.78 is 0. The zero-order valence-electron chi connectivity index (χ0n) is 14.6. The quantitative estimate of drug-likeness (QED) is 0.326. The lowest BCUT2D eigenvalue weighted by Crippen LogP contribution is -2.00. The lowest BCUT2D eigenvalue weighted by atomic mass is 9.86. The highest BCUT2D eigenvalue weighted by Crippen LogP contribution is 2.50. The maximum absolute atomic E-state index is 2.38. The van der Waals surface area contributed by atoms with E-state index in [9.17, 15) is 0 Å². The van der Waals surface area contributed by atoms with E-state index in [0.29, 0.717) is 5.92 Å². The molecule has 0 heterocycles. The molecule has 25 heavy (non-hydrogen) atoms. The van der Waals surface area contributed by atoms with Crippen LogP contribution in [0, 0.1) is 13.8 Å². The second-order valence-electron chi connectivity index (χ2n) is 7.12. The first kappa shape index (κ1) is 14.5. The number of hydrogen-bond acceptors (Lipinski definition) is 0. The minimum Gasteiger partial charge on any atom is -0.0622 e. The second-order valence-corrected chi connectivity index (χ2v) is 7.12. The van der Waals surface area contributed by atoms with E-state index < -0.39 is 0 Å². The molecule has 5 rings (SSSR count). The van der Waals surface area contributed by atoms with Crippen LogP contribution in [0.5, 0.6) is 0 Å². The van der Waals surface area contributed by atoms with Crippen molar-refractivity contribution < 1.29 is 0 Å². The monoisotopic (exact) mass is 320 g/mol. The topological polar surface area (TPSA) is 0 Å². The van der Waals surface area contributed by atoms with Crippen LogP contribution in [-0.4, -0.2) is 0 Å². The van der Waals surface area contributed by atoms with Gasteiger partial charge in [0.1, 0.15) is 0 Å². The highest BCUT2D eigenvalue weighted by molar-refractivity contribution is 5.97. The first-order valence-electron chi connectivity index (χ1n) is 8.92. The van der Waals surface area contributed by atoms with E-state index in [4.69, 9.17) is 0 Å². The smallest absolute Gasteiger partial charge is 0.0358 e. The van der Waals surface area contributed by atoms with Crippen molar-refractivity contribution in [2.24, 2.45) is 0 Å². The second kappa shape index (κ2) is 5.32. The van der Waals surface area contributed by atoms with Gasteiger partial charge in [-0.15, -0.1) is 0 Å². The first-order valence-corrected chi connectivity index (χ1v) is 8.92. The third-order valence-electron chi connectivity index (χ3n) is 5.66. The molecule has 0 nitrogen and oxygen atoms in total. The van der Waals surface area contributed by atoms with Gasteiger partial charge in [-0.3, -0.25) is 0 Å². The number of benzene rings is 4. The van der Waals surface area contributed by atoms with Gasteiger partial charge >= 0.3 is 0 Å². The highest BCUT2D eigenvalue weighted by Gasteiger charge is 2.31. The van der Waals surface area contributed by atoms with E-state index in [-0.39, 0.29) is 0 Å². The molecule has 1 aliphatic carbocycles. The van der Waals surface area contributed by atoms with Gasteiger partial charge in [-0.05, 0) is 63.6 Å². The Hall–Kier alpha value is -2.86. The summed E-state index contributed by atoms with van der Waals surface area (Å²) in [5, 5.41) is 2.74. The molecular weight excluding hydrogens is 300 g/mol. The van der Waals surface area contributed by atoms with Gasteiger partial charge in [-0.1, -0.05) is 78.9 Å². The van der Waals surface area contributed by atoms with Gasteiger partial charge in [0.25, 0.3) is 0 Å². The van der Waals surface area contributed by atoms with Crippen molar-refractivity contribution in [2.45, 2.75) is 19.8 Å². The van der Waals surface area contributed by atoms with Crippen molar-refractivity contribution in [2.75, 3.05) is 0 Å². The Morgan fingerprint density at radius 3 is 2.20 bits per heavy atom. The summed E-state index contributed by atoms with van der Waals surface area (Å²) in [4.78, 5) is 0. The summed E-state index contributed by atoms with van der Waals surface area (Å²) in [7, 11) is 0. The van der Waals surface area contributed by atoms with E-state index in [0.717, 1.165) is 0 Å². The van der Waals surface area contributed by atoms with Crippen molar-refractivity contribution in [3.05, 3.63) is 107 Å². The van der Waals surface area contributed by atoms with Gasteiger partial charge in [-0.2, -0.15) is 0 Å². The number of aryl methyl sites for hydroxylation is 2. The molecule has 0 saturated carbocycles. The summed E-state index contributed by atoms with van der Waals surface area (Å²) in [6.45, 7) is 4.42. The summed E-state index contributed by atoms with van der Waals surface area (Å²) in [6, 6.07) is 29.1. The standard InChI is InChI=1S/C25H20/c1-16-14-19-12-13-22-20-10-6-7-11-21(20)24(18-8-4-3-5-9-18)25(22)23(19)15-17(16)2/h3-15,24H,1-2H3. The lowest BCUT2D eigenvalue weighted by Gasteiger charge is -2.17. The molecule has 1 atom stereocenters. The molecule has 0 aromatic heterocycles. The van der Waals surface area contributed by atoms with Crippen LogP contribution in [-0.2, 0) is 0 Å². The van der Waals surface area contributed by atoms with E-state index in [1.807, 2.05) is 0 Å². The average Bonchev–Trinajstić information content (AvgIpc) is 2.98. The van der Waals surface area contributed by atoms with Crippen molar-refractivity contribution in [3.63, 3.8) is 0 Å². The van der Waals surface area contributed by atoms with Crippen LogP contribution < -0.4 is 0 Å². The third kappa shape index (κ3) is 2.07. The fourth-order valence-electron chi connectivity index (χ4n) is 4.30. The van der Waals surface area contributed by atoms with Crippen molar-refractivity contribution in [1.29, 1.82) is 0 Å². The first-order chi connectivity index (χ1) is 12.2. The van der Waals surface area contributed by atoms with Crippen molar-refractivity contribution in [3.8, 4) is 11.1 Å². The Labute approximate surface area is 148 Å². The van der Waals surface area contributed by atoms with Crippen LogP contribution in [0.15, 0.2) is 78.9 Å². The van der Waals surface area contributed by atoms with Gasteiger partial charge in [0.05, 0.1) is 0 Å². The van der Waals surface area contributed by atoms with Gasteiger partial charge in [0, 0.05) is 5.92 Å². The Kier molecular flexibility index (Phi) is 3.08. The molecule has 0 aliphatic heterocycles. The molecule has 0 heteroatoms. The van der Waals surface area contributed by atoms with Crippen LogP contribution in [0.3, 0.4) is 0 Å². The number of fused-ring (bicyclic) bond motifs is 5. The van der Waals surface area contributed by atoms with Gasteiger partial charge in [-0.25, -0.2) is 0 Å². The lowest BCUT2D eigenvalue weighted by molar-refractivity contribution is 1.03. The van der Waals surface area contributed by atoms with Crippen molar-refractivity contribution >= 4 is 10.8 Å². The minimum atomic E-state index is 0.318. The van der Waals surface area contributed by atoms with Crippen LogP contribution in [0.4, 0.5) is 0 Å². The van der Waals surface area contributed by atoms with Crippen LogP contribution >= 0.6 is 0 Å². The largest absolute Gasteiger partial charge is 0.0622 e. The molecule has 120 valence electrons. The Morgan fingerprint density at radius 1 is 0.640 bits per heavy atom. The third-order valence-corrected chi connectivity index (χ3v) is 5.66. The molecule has 0 spiro atoms. The molecule has 0 saturated heterocycles.